The summed E-state index contributed by atoms with van der Waals surface area (Å²) in [6.07, 6.45) is 0. The van der Waals surface area contributed by atoms with E-state index in [0.717, 1.165) is 0 Å². The lowest BCUT2D eigenvalue weighted by Crippen LogP contribution is -2.24. The molecule has 0 aliphatic carbocycles. The van der Waals surface area contributed by atoms with Gasteiger partial charge in [0.05, 0.1) is 5.56 Å². The van der Waals surface area contributed by atoms with Crippen molar-refractivity contribution in [1.29, 1.82) is 0 Å². The van der Waals surface area contributed by atoms with E-state index in [4.69, 9.17) is 4.74 Å². The van der Waals surface area contributed by atoms with E-state index in [1.807, 2.05) is 0 Å². The summed E-state index contributed by atoms with van der Waals surface area (Å²) in [5.41, 5.74) is -0.675. The number of carbonyl (C=O) groups is 1. The second kappa shape index (κ2) is 4.31. The number of halogens is 2. The van der Waals surface area contributed by atoms with Crippen LogP contribution < -0.4 is 0 Å². The number of esters is 1. The Hall–Kier alpha value is -0.900. The van der Waals surface area contributed by atoms with Crippen LogP contribution in [-0.4, -0.2) is 11.6 Å². The van der Waals surface area contributed by atoms with Crippen molar-refractivity contribution in [3.63, 3.8) is 0 Å². The second-order valence-electron chi connectivity index (χ2n) is 4.13. The number of hydrogen-bond acceptors (Lipinski definition) is 2. The maximum absolute atomic E-state index is 13.3. The molecule has 0 spiro atoms. The third kappa shape index (κ3) is 3.63. The average molecular weight is 275 g/mol. The first-order valence-electron chi connectivity index (χ1n) is 4.48. The topological polar surface area (TPSA) is 26.3 Å². The minimum absolute atomic E-state index is 0.0562. The Morgan fingerprint density at radius 3 is 2.53 bits per heavy atom. The molecule has 1 aromatic carbocycles. The summed E-state index contributed by atoms with van der Waals surface area (Å²) in [7, 11) is 0. The van der Waals surface area contributed by atoms with Crippen LogP contribution >= 0.6 is 15.9 Å². The number of ether oxygens (including phenoxy) is 1. The summed E-state index contributed by atoms with van der Waals surface area (Å²) in [6, 6.07) is 4.16. The summed E-state index contributed by atoms with van der Waals surface area (Å²) in [5, 5.41) is 0. The molecule has 2 nitrogen and oxygen atoms in total. The highest BCUT2D eigenvalue weighted by molar-refractivity contribution is 9.10. The van der Waals surface area contributed by atoms with Crippen LogP contribution in [0.25, 0.3) is 0 Å². The Bertz CT molecular complexity index is 383. The van der Waals surface area contributed by atoms with Gasteiger partial charge in [-0.3, -0.25) is 0 Å². The Morgan fingerprint density at radius 2 is 2.00 bits per heavy atom. The van der Waals surface area contributed by atoms with Crippen LogP contribution in [0, 0.1) is 5.82 Å². The summed E-state index contributed by atoms with van der Waals surface area (Å²) in [4.78, 5) is 11.6. The Labute approximate surface area is 96.6 Å². The van der Waals surface area contributed by atoms with Gasteiger partial charge in [-0.2, -0.15) is 0 Å². The number of carbonyl (C=O) groups excluding carboxylic acids is 1. The van der Waals surface area contributed by atoms with E-state index >= 15 is 0 Å². The molecule has 0 bridgehead atoms. The highest BCUT2D eigenvalue weighted by atomic mass is 79.9. The molecule has 0 aromatic heterocycles. The maximum Gasteiger partial charge on any atom is 0.341 e. The standard InChI is InChI=1S/C11H12BrFO2/c1-11(2,3)15-10(14)8-6-7(12)4-5-9(8)13/h4-6H,1-3H3. The van der Waals surface area contributed by atoms with Crippen LogP contribution in [0.2, 0.25) is 0 Å². The van der Waals surface area contributed by atoms with Crippen molar-refractivity contribution >= 4 is 21.9 Å². The Balaban J connectivity index is 2.96. The number of hydrogen-bond donors (Lipinski definition) is 0. The predicted molar refractivity (Wildman–Crippen MR) is 59.3 cm³/mol. The lowest BCUT2D eigenvalue weighted by molar-refractivity contribution is 0.00646. The van der Waals surface area contributed by atoms with E-state index in [9.17, 15) is 9.18 Å². The third-order valence-corrected chi connectivity index (χ3v) is 2.04. The Morgan fingerprint density at radius 1 is 1.40 bits per heavy atom. The van der Waals surface area contributed by atoms with Gasteiger partial charge >= 0.3 is 5.97 Å². The fourth-order valence-corrected chi connectivity index (χ4v) is 1.35. The highest BCUT2D eigenvalue weighted by Crippen LogP contribution is 2.18. The van der Waals surface area contributed by atoms with Gasteiger partial charge in [-0.1, -0.05) is 15.9 Å². The minimum Gasteiger partial charge on any atom is -0.456 e. The van der Waals surface area contributed by atoms with Gasteiger partial charge in [0.25, 0.3) is 0 Å². The van der Waals surface area contributed by atoms with Crippen molar-refractivity contribution in [3.8, 4) is 0 Å². The minimum atomic E-state index is -0.652. The van der Waals surface area contributed by atoms with Gasteiger partial charge in [-0.15, -0.1) is 0 Å². The summed E-state index contributed by atoms with van der Waals surface area (Å²) >= 11 is 3.17. The molecule has 0 saturated carbocycles. The molecule has 0 aliphatic rings. The zero-order valence-electron chi connectivity index (χ0n) is 8.80. The predicted octanol–water partition coefficient (Wildman–Crippen LogP) is 3.54. The molecule has 0 atom stereocenters. The quantitative estimate of drug-likeness (QED) is 0.733. The van der Waals surface area contributed by atoms with Crippen molar-refractivity contribution in [2.45, 2.75) is 26.4 Å². The molecule has 4 heteroatoms. The Kier molecular flexibility index (Phi) is 3.50. The highest BCUT2D eigenvalue weighted by Gasteiger charge is 2.20. The molecule has 15 heavy (non-hydrogen) atoms. The van der Waals surface area contributed by atoms with Crippen molar-refractivity contribution in [2.75, 3.05) is 0 Å². The molecule has 0 fully saturated rings. The lowest BCUT2D eigenvalue weighted by Gasteiger charge is -2.19. The van der Waals surface area contributed by atoms with Gasteiger partial charge in [0, 0.05) is 4.47 Å². The second-order valence-corrected chi connectivity index (χ2v) is 5.04. The molecule has 1 aromatic rings. The zero-order chi connectivity index (χ0) is 11.6. The van der Waals surface area contributed by atoms with E-state index in [2.05, 4.69) is 15.9 Å². The molecule has 1 rings (SSSR count). The van der Waals surface area contributed by atoms with Crippen LogP contribution in [0.1, 0.15) is 31.1 Å². The lowest BCUT2D eigenvalue weighted by atomic mass is 10.1. The van der Waals surface area contributed by atoms with Gasteiger partial charge in [0.1, 0.15) is 11.4 Å². The van der Waals surface area contributed by atoms with Gasteiger partial charge in [0.15, 0.2) is 0 Å². The van der Waals surface area contributed by atoms with Crippen molar-refractivity contribution in [3.05, 3.63) is 34.1 Å². The molecule has 0 saturated heterocycles. The van der Waals surface area contributed by atoms with E-state index in [0.29, 0.717) is 4.47 Å². The number of rotatable bonds is 1. The van der Waals surface area contributed by atoms with Crippen LogP contribution in [0.4, 0.5) is 4.39 Å². The van der Waals surface area contributed by atoms with E-state index in [1.165, 1.54) is 18.2 Å². The summed E-state index contributed by atoms with van der Waals surface area (Å²) in [5.74, 6) is -1.23. The van der Waals surface area contributed by atoms with E-state index in [1.54, 1.807) is 20.8 Å². The summed E-state index contributed by atoms with van der Waals surface area (Å²) < 4.78 is 19.0. The fourth-order valence-electron chi connectivity index (χ4n) is 0.987. The monoisotopic (exact) mass is 274 g/mol. The molecular formula is C11H12BrFO2. The van der Waals surface area contributed by atoms with Gasteiger partial charge in [-0.25, -0.2) is 9.18 Å². The van der Waals surface area contributed by atoms with Gasteiger partial charge in [-0.05, 0) is 39.0 Å². The zero-order valence-corrected chi connectivity index (χ0v) is 10.4. The van der Waals surface area contributed by atoms with Crippen molar-refractivity contribution in [2.24, 2.45) is 0 Å². The van der Waals surface area contributed by atoms with Crippen LogP contribution in [0.3, 0.4) is 0 Å². The molecule has 82 valence electrons. The van der Waals surface area contributed by atoms with Crippen LogP contribution in [-0.2, 0) is 4.74 Å². The SMILES string of the molecule is CC(C)(C)OC(=O)c1cc(Br)ccc1F. The van der Waals surface area contributed by atoms with E-state index in [-0.39, 0.29) is 5.56 Å². The van der Waals surface area contributed by atoms with Crippen LogP contribution in [0.5, 0.6) is 0 Å². The smallest absolute Gasteiger partial charge is 0.341 e. The maximum atomic E-state index is 13.3. The molecule has 0 unspecified atom stereocenters. The fraction of sp³-hybridized carbons (Fsp3) is 0.364. The largest absolute Gasteiger partial charge is 0.456 e. The van der Waals surface area contributed by atoms with Gasteiger partial charge < -0.3 is 4.74 Å². The molecule has 0 N–H and O–H groups in total. The van der Waals surface area contributed by atoms with Crippen LogP contribution in [0.15, 0.2) is 22.7 Å². The van der Waals surface area contributed by atoms with Crippen molar-refractivity contribution < 1.29 is 13.9 Å². The van der Waals surface area contributed by atoms with E-state index < -0.39 is 17.4 Å². The third-order valence-electron chi connectivity index (χ3n) is 1.55. The van der Waals surface area contributed by atoms with Gasteiger partial charge in [0.2, 0.25) is 0 Å². The first-order valence-corrected chi connectivity index (χ1v) is 5.27. The molecule has 0 aliphatic heterocycles. The summed E-state index contributed by atoms with van der Waals surface area (Å²) in [6.45, 7) is 5.21. The molecule has 0 heterocycles. The first-order chi connectivity index (χ1) is 6.79. The molecule has 0 radical (unpaired) electrons. The number of benzene rings is 1. The molecule has 0 amide bonds. The van der Waals surface area contributed by atoms with Crippen molar-refractivity contribution in [1.82, 2.24) is 0 Å². The first kappa shape index (κ1) is 12.2. The average Bonchev–Trinajstić information content (AvgIpc) is 2.06. The molecular weight excluding hydrogens is 263 g/mol. The normalized spacial score (nSPS) is 11.3.